The average Bonchev–Trinajstić information content (AvgIpc) is 3.33. The number of anilines is 2. The van der Waals surface area contributed by atoms with E-state index in [2.05, 4.69) is 20.9 Å². The van der Waals surface area contributed by atoms with Crippen LogP contribution < -0.4 is 16.0 Å². The molecule has 0 bridgehead atoms. The Balaban J connectivity index is 1.61. The Labute approximate surface area is 228 Å². The Morgan fingerprint density at radius 2 is 1.78 bits per heavy atom. The molecule has 194 valence electrons. The summed E-state index contributed by atoms with van der Waals surface area (Å²) >= 11 is 13.6. The summed E-state index contributed by atoms with van der Waals surface area (Å²) in [6, 6.07) is 8.78. The minimum absolute atomic E-state index is 0.0105. The zero-order chi connectivity index (χ0) is 26.4. The molecule has 1 aliphatic rings. The van der Waals surface area contributed by atoms with E-state index in [0.717, 1.165) is 42.5 Å². The summed E-state index contributed by atoms with van der Waals surface area (Å²) in [5.74, 6) is -0.981. The third kappa shape index (κ3) is 6.60. The van der Waals surface area contributed by atoms with Gasteiger partial charge in [-0.2, -0.15) is 0 Å². The number of rotatable bonds is 7. The molecule has 11 heteroatoms. The molecule has 3 aromatic rings. The molecule has 37 heavy (non-hydrogen) atoms. The van der Waals surface area contributed by atoms with E-state index in [4.69, 9.17) is 27.9 Å². The maximum absolute atomic E-state index is 13.5. The van der Waals surface area contributed by atoms with Crippen molar-refractivity contribution in [2.24, 2.45) is 5.92 Å². The molecule has 2 aromatic heterocycles. The van der Waals surface area contributed by atoms with Crippen molar-refractivity contribution in [3.8, 4) is 10.4 Å². The molecule has 4 rings (SSSR count). The SMILES string of the molecule is COC(=O)[C@@H](NC(=O)c1cc(-c2cccnc2)sc1NC(=O)Nc1c(Cl)cccc1Cl)C1CCCCC1. The molecule has 2 heterocycles. The summed E-state index contributed by atoms with van der Waals surface area (Å²) in [7, 11) is 1.31. The second-order valence-corrected chi connectivity index (χ2v) is 10.5. The molecule has 3 amide bonds. The highest BCUT2D eigenvalue weighted by atomic mass is 35.5. The Kier molecular flexibility index (Phi) is 9.02. The summed E-state index contributed by atoms with van der Waals surface area (Å²) in [5.41, 5.74) is 1.25. The number of hydrogen-bond donors (Lipinski definition) is 3. The van der Waals surface area contributed by atoms with Crippen molar-refractivity contribution in [2.75, 3.05) is 17.7 Å². The fourth-order valence-corrected chi connectivity index (χ4v) is 5.88. The minimum Gasteiger partial charge on any atom is -0.467 e. The molecule has 1 atom stereocenters. The van der Waals surface area contributed by atoms with E-state index < -0.39 is 23.9 Å². The van der Waals surface area contributed by atoms with Crippen molar-refractivity contribution in [1.29, 1.82) is 0 Å². The van der Waals surface area contributed by atoms with E-state index in [-0.39, 0.29) is 27.2 Å². The van der Waals surface area contributed by atoms with Gasteiger partial charge in [0, 0.05) is 22.8 Å². The van der Waals surface area contributed by atoms with Gasteiger partial charge in [0.05, 0.1) is 28.4 Å². The predicted octanol–water partition coefficient (Wildman–Crippen LogP) is 6.61. The number of carbonyl (C=O) groups excluding carboxylic acids is 3. The van der Waals surface area contributed by atoms with E-state index in [0.29, 0.717) is 5.00 Å². The van der Waals surface area contributed by atoms with Crippen LogP contribution in [0.3, 0.4) is 0 Å². The maximum atomic E-state index is 13.5. The van der Waals surface area contributed by atoms with Gasteiger partial charge in [0.25, 0.3) is 5.91 Å². The van der Waals surface area contributed by atoms with Crippen LogP contribution in [-0.2, 0) is 9.53 Å². The van der Waals surface area contributed by atoms with Crippen LogP contribution in [0.15, 0.2) is 48.8 Å². The number of benzene rings is 1. The van der Waals surface area contributed by atoms with Gasteiger partial charge >= 0.3 is 12.0 Å². The number of esters is 1. The number of urea groups is 1. The quantitative estimate of drug-likeness (QED) is 0.281. The first kappa shape index (κ1) is 26.9. The first-order valence-corrected chi connectivity index (χ1v) is 13.4. The largest absolute Gasteiger partial charge is 0.467 e. The van der Waals surface area contributed by atoms with Crippen molar-refractivity contribution >= 4 is 63.1 Å². The van der Waals surface area contributed by atoms with Crippen molar-refractivity contribution < 1.29 is 19.1 Å². The van der Waals surface area contributed by atoms with Gasteiger partial charge in [-0.3, -0.25) is 15.1 Å². The summed E-state index contributed by atoms with van der Waals surface area (Å²) in [6.07, 6.45) is 8.07. The fourth-order valence-electron chi connectivity index (χ4n) is 4.35. The Morgan fingerprint density at radius 1 is 1.05 bits per heavy atom. The smallest absolute Gasteiger partial charge is 0.328 e. The standard InChI is InChI=1S/C26H26Cl2N4O4S/c1-36-25(34)21(15-7-3-2-4-8-15)30-23(33)17-13-20(16-9-6-12-29-14-16)37-24(17)32-26(35)31-22-18(27)10-5-11-19(22)28/h5-6,9-15,21H,2-4,7-8H2,1H3,(H,30,33)(H2,31,32,35)/t21-/m0/s1. The first-order valence-electron chi connectivity index (χ1n) is 11.8. The van der Waals surface area contributed by atoms with Gasteiger partial charge in [-0.05, 0) is 43.0 Å². The molecule has 0 unspecified atom stereocenters. The van der Waals surface area contributed by atoms with Gasteiger partial charge in [0.2, 0.25) is 0 Å². The highest BCUT2D eigenvalue weighted by Gasteiger charge is 2.33. The topological polar surface area (TPSA) is 109 Å². The maximum Gasteiger partial charge on any atom is 0.328 e. The van der Waals surface area contributed by atoms with E-state index in [9.17, 15) is 14.4 Å². The lowest BCUT2D eigenvalue weighted by atomic mass is 9.83. The molecule has 1 saturated carbocycles. The normalized spacial score (nSPS) is 14.5. The number of aromatic nitrogens is 1. The number of nitrogens with one attached hydrogen (secondary N) is 3. The third-order valence-electron chi connectivity index (χ3n) is 6.21. The van der Waals surface area contributed by atoms with E-state index >= 15 is 0 Å². The number of nitrogens with zero attached hydrogens (tertiary/aromatic N) is 1. The number of para-hydroxylation sites is 1. The lowest BCUT2D eigenvalue weighted by Crippen LogP contribution is -2.47. The molecular weight excluding hydrogens is 535 g/mol. The molecule has 3 N–H and O–H groups in total. The zero-order valence-corrected chi connectivity index (χ0v) is 22.4. The van der Waals surface area contributed by atoms with Gasteiger partial charge in [0.15, 0.2) is 0 Å². The van der Waals surface area contributed by atoms with Crippen LogP contribution in [0.5, 0.6) is 0 Å². The fraction of sp³-hybridized carbons (Fsp3) is 0.308. The minimum atomic E-state index is -0.775. The van der Waals surface area contributed by atoms with Crippen molar-refractivity contribution in [3.63, 3.8) is 0 Å². The van der Waals surface area contributed by atoms with Crippen LogP contribution in [0.1, 0.15) is 42.5 Å². The lowest BCUT2D eigenvalue weighted by Gasteiger charge is -2.29. The van der Waals surface area contributed by atoms with E-state index in [1.165, 1.54) is 18.4 Å². The molecule has 0 aliphatic heterocycles. The van der Waals surface area contributed by atoms with E-state index in [1.807, 2.05) is 6.07 Å². The highest BCUT2D eigenvalue weighted by Crippen LogP contribution is 2.36. The number of hydrogen-bond acceptors (Lipinski definition) is 6. The monoisotopic (exact) mass is 560 g/mol. The van der Waals surface area contributed by atoms with Crippen LogP contribution in [0.2, 0.25) is 10.0 Å². The Morgan fingerprint density at radius 3 is 2.43 bits per heavy atom. The number of amides is 3. The van der Waals surface area contributed by atoms with Crippen molar-refractivity contribution in [1.82, 2.24) is 10.3 Å². The number of pyridine rings is 1. The van der Waals surface area contributed by atoms with Crippen LogP contribution in [0, 0.1) is 5.92 Å². The average molecular weight is 561 g/mol. The molecule has 0 saturated heterocycles. The molecule has 0 radical (unpaired) electrons. The molecule has 0 spiro atoms. The molecule has 1 fully saturated rings. The van der Waals surface area contributed by atoms with E-state index in [1.54, 1.807) is 42.7 Å². The van der Waals surface area contributed by atoms with Crippen molar-refractivity contribution in [2.45, 2.75) is 38.1 Å². The summed E-state index contributed by atoms with van der Waals surface area (Å²) < 4.78 is 5.00. The Hall–Kier alpha value is -3.14. The lowest BCUT2D eigenvalue weighted by molar-refractivity contribution is -0.144. The summed E-state index contributed by atoms with van der Waals surface area (Å²) in [4.78, 5) is 43.8. The molecule has 1 aromatic carbocycles. The van der Waals surface area contributed by atoms with Crippen LogP contribution in [0.4, 0.5) is 15.5 Å². The second kappa shape index (κ2) is 12.4. The number of halogens is 2. The number of thiophene rings is 1. The van der Waals surface area contributed by atoms with Gasteiger partial charge in [-0.15, -0.1) is 11.3 Å². The van der Waals surface area contributed by atoms with Gasteiger partial charge < -0.3 is 15.4 Å². The summed E-state index contributed by atoms with van der Waals surface area (Å²) in [5, 5.41) is 9.08. The summed E-state index contributed by atoms with van der Waals surface area (Å²) in [6.45, 7) is 0. The highest BCUT2D eigenvalue weighted by molar-refractivity contribution is 7.20. The third-order valence-corrected chi connectivity index (χ3v) is 7.94. The molecular formula is C26H26Cl2N4O4S. The van der Waals surface area contributed by atoms with Gasteiger partial charge in [0.1, 0.15) is 11.0 Å². The predicted molar refractivity (Wildman–Crippen MR) is 146 cm³/mol. The molecule has 1 aliphatic carbocycles. The van der Waals surface area contributed by atoms with Crippen LogP contribution in [-0.4, -0.2) is 36.0 Å². The van der Waals surface area contributed by atoms with Gasteiger partial charge in [-0.25, -0.2) is 9.59 Å². The van der Waals surface area contributed by atoms with Crippen LogP contribution >= 0.6 is 34.5 Å². The number of ether oxygens (including phenoxy) is 1. The van der Waals surface area contributed by atoms with Crippen molar-refractivity contribution in [3.05, 3.63) is 64.4 Å². The van der Waals surface area contributed by atoms with Gasteiger partial charge in [-0.1, -0.05) is 54.6 Å². The second-order valence-electron chi connectivity index (χ2n) is 8.64. The molecule has 8 nitrogen and oxygen atoms in total. The zero-order valence-electron chi connectivity index (χ0n) is 20.1. The Bertz CT molecular complexity index is 1260. The number of methoxy groups -OCH3 is 1. The van der Waals surface area contributed by atoms with Crippen LogP contribution in [0.25, 0.3) is 10.4 Å². The number of carbonyl (C=O) groups is 3. The first-order chi connectivity index (χ1) is 17.9.